The van der Waals surface area contributed by atoms with Gasteiger partial charge in [-0.25, -0.2) is 17.9 Å². The molecule has 0 radical (unpaired) electrons. The molecule has 23 heavy (non-hydrogen) atoms. The van der Waals surface area contributed by atoms with E-state index >= 15 is 0 Å². The molecule has 122 valence electrons. The zero-order valence-electron chi connectivity index (χ0n) is 12.7. The Bertz CT molecular complexity index is 788. The first-order chi connectivity index (χ1) is 10.7. The number of amides is 2. The summed E-state index contributed by atoms with van der Waals surface area (Å²) >= 11 is 5.84. The molecule has 7 heteroatoms. The van der Waals surface area contributed by atoms with Crippen LogP contribution in [0.3, 0.4) is 0 Å². The van der Waals surface area contributed by atoms with E-state index in [1.807, 2.05) is 4.72 Å². The third kappa shape index (κ3) is 4.46. The second kappa shape index (κ2) is 6.60. The molecule has 2 rings (SSSR count). The minimum atomic E-state index is -3.90. The van der Waals surface area contributed by atoms with E-state index in [0.29, 0.717) is 5.02 Å². The summed E-state index contributed by atoms with van der Waals surface area (Å²) in [4.78, 5) is 12.1. The number of rotatable bonds is 4. The van der Waals surface area contributed by atoms with Gasteiger partial charge in [0.15, 0.2) is 0 Å². The van der Waals surface area contributed by atoms with Crippen LogP contribution >= 0.6 is 11.6 Å². The average molecular weight is 353 g/mol. The number of urea groups is 1. The Morgan fingerprint density at radius 1 is 1.00 bits per heavy atom. The molecule has 0 fully saturated rings. The van der Waals surface area contributed by atoms with Crippen molar-refractivity contribution < 1.29 is 13.2 Å². The van der Waals surface area contributed by atoms with Crippen LogP contribution in [0.15, 0.2) is 59.5 Å². The highest BCUT2D eigenvalue weighted by molar-refractivity contribution is 7.90. The molecule has 0 aliphatic carbocycles. The molecule has 2 aromatic carbocycles. The van der Waals surface area contributed by atoms with Crippen LogP contribution in [0.2, 0.25) is 5.02 Å². The Balaban J connectivity index is 2.11. The molecule has 0 spiro atoms. The number of carbonyl (C=O) groups excluding carboxylic acids is 1. The third-order valence-electron chi connectivity index (χ3n) is 3.27. The van der Waals surface area contributed by atoms with Crippen molar-refractivity contribution >= 4 is 27.7 Å². The Labute approximate surface area is 140 Å². The molecule has 0 atom stereocenters. The van der Waals surface area contributed by atoms with Gasteiger partial charge in [-0.05, 0) is 43.7 Å². The number of benzene rings is 2. The second-order valence-electron chi connectivity index (χ2n) is 5.50. The van der Waals surface area contributed by atoms with Crippen LogP contribution in [0.5, 0.6) is 0 Å². The summed E-state index contributed by atoms with van der Waals surface area (Å²) in [5.41, 5.74) is 0.0371. The number of hydrogen-bond acceptors (Lipinski definition) is 3. The van der Waals surface area contributed by atoms with Crippen LogP contribution in [0.4, 0.5) is 4.79 Å². The molecule has 0 unspecified atom stereocenters. The van der Waals surface area contributed by atoms with Crippen molar-refractivity contribution in [2.45, 2.75) is 24.3 Å². The van der Waals surface area contributed by atoms with Crippen molar-refractivity contribution in [2.24, 2.45) is 0 Å². The summed E-state index contributed by atoms with van der Waals surface area (Å²) < 4.78 is 26.2. The van der Waals surface area contributed by atoms with Gasteiger partial charge in [0.25, 0.3) is 10.0 Å². The van der Waals surface area contributed by atoms with Gasteiger partial charge in [-0.3, -0.25) is 0 Å². The molecule has 2 aromatic rings. The van der Waals surface area contributed by atoms with E-state index < -0.39 is 21.6 Å². The molecule has 2 N–H and O–H groups in total. The maximum atomic E-state index is 12.1. The van der Waals surface area contributed by atoms with Gasteiger partial charge in [-0.1, -0.05) is 41.9 Å². The first-order valence-electron chi connectivity index (χ1n) is 6.87. The van der Waals surface area contributed by atoms with Gasteiger partial charge in [0, 0.05) is 5.02 Å². The number of hydrogen-bond donors (Lipinski definition) is 2. The fourth-order valence-corrected chi connectivity index (χ4v) is 3.08. The topological polar surface area (TPSA) is 75.3 Å². The lowest BCUT2D eigenvalue weighted by Gasteiger charge is -2.27. The van der Waals surface area contributed by atoms with Gasteiger partial charge in [-0.15, -0.1) is 0 Å². The summed E-state index contributed by atoms with van der Waals surface area (Å²) in [6.45, 7) is 3.54. The highest BCUT2D eigenvalue weighted by Crippen LogP contribution is 2.22. The average Bonchev–Trinajstić information content (AvgIpc) is 2.47. The van der Waals surface area contributed by atoms with Gasteiger partial charge >= 0.3 is 6.03 Å². The van der Waals surface area contributed by atoms with Gasteiger partial charge in [0.1, 0.15) is 0 Å². The third-order valence-corrected chi connectivity index (χ3v) is 4.87. The van der Waals surface area contributed by atoms with Crippen molar-refractivity contribution in [1.82, 2.24) is 10.0 Å². The van der Waals surface area contributed by atoms with Gasteiger partial charge in [0.05, 0.1) is 10.4 Å². The molecule has 0 saturated carbocycles. The van der Waals surface area contributed by atoms with Crippen molar-refractivity contribution in [2.75, 3.05) is 0 Å². The Kier molecular flexibility index (Phi) is 4.97. The minimum absolute atomic E-state index is 0.0273. The predicted molar refractivity (Wildman–Crippen MR) is 89.8 cm³/mol. The lowest BCUT2D eigenvalue weighted by molar-refractivity contribution is 0.235. The molecule has 0 saturated heterocycles. The first kappa shape index (κ1) is 17.3. The summed E-state index contributed by atoms with van der Waals surface area (Å²) in [6, 6.07) is 13.9. The van der Waals surface area contributed by atoms with Crippen LogP contribution < -0.4 is 10.0 Å². The Morgan fingerprint density at radius 3 is 2.13 bits per heavy atom. The van der Waals surface area contributed by atoms with E-state index in [1.165, 1.54) is 12.1 Å². The molecular formula is C16H17ClN2O3S. The van der Waals surface area contributed by atoms with Crippen LogP contribution in [0, 0.1) is 0 Å². The molecular weight excluding hydrogens is 336 g/mol. The predicted octanol–water partition coefficient (Wildman–Crippen LogP) is 3.26. The van der Waals surface area contributed by atoms with Gasteiger partial charge in [-0.2, -0.15) is 0 Å². The fraction of sp³-hybridized carbons (Fsp3) is 0.188. The SMILES string of the molecule is CC(C)(NC(=O)NS(=O)(=O)c1ccccc1)c1ccc(Cl)cc1. The standard InChI is InChI=1S/C16H17ClN2O3S/c1-16(2,12-8-10-13(17)11-9-12)18-15(20)19-23(21,22)14-6-4-3-5-7-14/h3-11H,1-2H3,(H2,18,19,20). The van der Waals surface area contributed by atoms with E-state index in [4.69, 9.17) is 11.6 Å². The van der Waals surface area contributed by atoms with Crippen LogP contribution in [0.1, 0.15) is 19.4 Å². The summed E-state index contributed by atoms with van der Waals surface area (Å²) in [7, 11) is -3.90. The van der Waals surface area contributed by atoms with Crippen molar-refractivity contribution in [3.8, 4) is 0 Å². The quantitative estimate of drug-likeness (QED) is 0.886. The molecule has 0 aliphatic heterocycles. The molecule has 0 heterocycles. The number of halogens is 1. The smallest absolute Gasteiger partial charge is 0.328 e. The summed E-state index contributed by atoms with van der Waals surface area (Å²) in [5, 5.41) is 3.23. The lowest BCUT2D eigenvalue weighted by atomic mass is 9.95. The molecule has 0 aromatic heterocycles. The fourth-order valence-electron chi connectivity index (χ4n) is 2.03. The van der Waals surface area contributed by atoms with E-state index in [1.54, 1.807) is 56.3 Å². The summed E-state index contributed by atoms with van der Waals surface area (Å²) in [6.07, 6.45) is 0. The number of sulfonamides is 1. The number of nitrogens with one attached hydrogen (secondary N) is 2. The molecule has 2 amide bonds. The van der Waals surface area contributed by atoms with Crippen molar-refractivity contribution in [3.05, 3.63) is 65.2 Å². The summed E-state index contributed by atoms with van der Waals surface area (Å²) in [5.74, 6) is 0. The maximum Gasteiger partial charge on any atom is 0.329 e. The molecule has 0 aliphatic rings. The maximum absolute atomic E-state index is 12.1. The minimum Gasteiger partial charge on any atom is -0.328 e. The monoisotopic (exact) mass is 352 g/mol. The zero-order chi connectivity index (χ0) is 17.1. The molecule has 5 nitrogen and oxygen atoms in total. The van der Waals surface area contributed by atoms with Crippen LogP contribution in [0.25, 0.3) is 0 Å². The van der Waals surface area contributed by atoms with Gasteiger partial charge in [0.2, 0.25) is 0 Å². The van der Waals surface area contributed by atoms with E-state index in [2.05, 4.69) is 5.32 Å². The Morgan fingerprint density at radius 2 is 1.57 bits per heavy atom. The largest absolute Gasteiger partial charge is 0.329 e. The Hall–Kier alpha value is -2.05. The normalized spacial score (nSPS) is 11.8. The van der Waals surface area contributed by atoms with Gasteiger partial charge < -0.3 is 5.32 Å². The first-order valence-corrected chi connectivity index (χ1v) is 8.73. The highest BCUT2D eigenvalue weighted by atomic mass is 35.5. The van der Waals surface area contributed by atoms with Crippen LogP contribution in [-0.4, -0.2) is 14.4 Å². The molecule has 0 bridgehead atoms. The highest BCUT2D eigenvalue weighted by Gasteiger charge is 2.25. The van der Waals surface area contributed by atoms with Crippen molar-refractivity contribution in [3.63, 3.8) is 0 Å². The van der Waals surface area contributed by atoms with E-state index in [9.17, 15) is 13.2 Å². The lowest BCUT2D eigenvalue weighted by Crippen LogP contribution is -2.48. The van der Waals surface area contributed by atoms with Crippen molar-refractivity contribution in [1.29, 1.82) is 0 Å². The van der Waals surface area contributed by atoms with Crippen LogP contribution in [-0.2, 0) is 15.6 Å². The second-order valence-corrected chi connectivity index (χ2v) is 7.62. The van der Waals surface area contributed by atoms with E-state index in [0.717, 1.165) is 5.56 Å². The number of carbonyl (C=O) groups is 1. The van der Waals surface area contributed by atoms with E-state index in [-0.39, 0.29) is 4.90 Å². The zero-order valence-corrected chi connectivity index (χ0v) is 14.3.